The Morgan fingerprint density at radius 2 is 0.918 bits per heavy atom. The minimum absolute atomic E-state index is 0.668. The van der Waals surface area contributed by atoms with Gasteiger partial charge < -0.3 is 4.42 Å². The lowest BCUT2D eigenvalue weighted by Gasteiger charge is -2.13. The van der Waals surface area contributed by atoms with Crippen LogP contribution in [0.4, 0.5) is 0 Å². The van der Waals surface area contributed by atoms with E-state index in [4.69, 9.17) is 19.4 Å². The van der Waals surface area contributed by atoms with Crippen molar-refractivity contribution in [2.75, 3.05) is 0 Å². The van der Waals surface area contributed by atoms with E-state index in [-0.39, 0.29) is 0 Å². The maximum atomic E-state index is 6.36. The molecule has 49 heavy (non-hydrogen) atoms. The average molecular weight is 629 g/mol. The number of furan rings is 1. The van der Waals surface area contributed by atoms with Gasteiger partial charge in [-0.25, -0.2) is 19.9 Å². The Labute approximate surface area is 283 Å². The first-order valence-electron chi connectivity index (χ1n) is 16.2. The number of para-hydroxylation sites is 1. The third-order valence-electron chi connectivity index (χ3n) is 8.79. The second-order valence-corrected chi connectivity index (χ2v) is 11.9. The van der Waals surface area contributed by atoms with Gasteiger partial charge in [-0.05, 0) is 64.7 Å². The highest BCUT2D eigenvalue weighted by atomic mass is 16.3. The second kappa shape index (κ2) is 12.1. The van der Waals surface area contributed by atoms with Gasteiger partial charge in [-0.1, -0.05) is 121 Å². The van der Waals surface area contributed by atoms with Gasteiger partial charge in [0, 0.05) is 27.6 Å². The fourth-order valence-electron chi connectivity index (χ4n) is 6.39. The van der Waals surface area contributed by atoms with E-state index in [1.54, 1.807) is 6.33 Å². The van der Waals surface area contributed by atoms with Gasteiger partial charge in [0.2, 0.25) is 0 Å². The molecule has 0 spiro atoms. The van der Waals surface area contributed by atoms with Crippen LogP contribution in [-0.2, 0) is 0 Å². The van der Waals surface area contributed by atoms with Crippen molar-refractivity contribution < 1.29 is 4.42 Å². The van der Waals surface area contributed by atoms with E-state index >= 15 is 0 Å². The predicted molar refractivity (Wildman–Crippen MR) is 198 cm³/mol. The summed E-state index contributed by atoms with van der Waals surface area (Å²) < 4.78 is 6.36. The first-order chi connectivity index (χ1) is 24.3. The minimum Gasteiger partial charge on any atom is -0.452 e. The molecule has 230 valence electrons. The van der Waals surface area contributed by atoms with Crippen LogP contribution in [0, 0.1) is 0 Å². The quantitative estimate of drug-likeness (QED) is 0.183. The van der Waals surface area contributed by atoms with Crippen molar-refractivity contribution in [3.63, 3.8) is 0 Å². The highest BCUT2D eigenvalue weighted by Gasteiger charge is 2.17. The van der Waals surface area contributed by atoms with Crippen LogP contribution in [0.5, 0.6) is 0 Å². The minimum atomic E-state index is 0.668. The molecule has 0 aliphatic rings. The van der Waals surface area contributed by atoms with Gasteiger partial charge in [0.25, 0.3) is 0 Å². The Morgan fingerprint density at radius 1 is 0.388 bits per heavy atom. The van der Waals surface area contributed by atoms with Crippen LogP contribution in [0.2, 0.25) is 0 Å². The highest BCUT2D eigenvalue weighted by Crippen LogP contribution is 2.38. The molecule has 9 aromatic rings. The molecular weight excluding hydrogens is 601 g/mol. The Balaban J connectivity index is 1.21. The molecule has 0 unspecified atom stereocenters. The van der Waals surface area contributed by atoms with E-state index < -0.39 is 0 Å². The van der Waals surface area contributed by atoms with Gasteiger partial charge in [-0.15, -0.1) is 0 Å². The molecule has 5 heteroatoms. The third kappa shape index (κ3) is 5.43. The van der Waals surface area contributed by atoms with Crippen molar-refractivity contribution in [1.82, 2.24) is 19.9 Å². The summed E-state index contributed by atoms with van der Waals surface area (Å²) in [5.74, 6) is 0.668. The topological polar surface area (TPSA) is 64.7 Å². The number of fused-ring (bicyclic) bond motifs is 3. The number of aromatic nitrogens is 4. The molecule has 6 aromatic carbocycles. The largest absolute Gasteiger partial charge is 0.452 e. The van der Waals surface area contributed by atoms with E-state index in [1.807, 2.05) is 66.7 Å². The monoisotopic (exact) mass is 628 g/mol. The fraction of sp³-hybridized carbons (Fsp3) is 0. The van der Waals surface area contributed by atoms with Crippen LogP contribution in [-0.4, -0.2) is 19.9 Å². The summed E-state index contributed by atoms with van der Waals surface area (Å²) in [5, 5.41) is 0.973. The fourth-order valence-corrected chi connectivity index (χ4v) is 6.39. The van der Waals surface area contributed by atoms with E-state index in [9.17, 15) is 0 Å². The summed E-state index contributed by atoms with van der Waals surface area (Å²) >= 11 is 0. The molecule has 3 aromatic heterocycles. The van der Waals surface area contributed by atoms with Gasteiger partial charge in [0.1, 0.15) is 23.1 Å². The van der Waals surface area contributed by atoms with Gasteiger partial charge in [-0.3, -0.25) is 0 Å². The van der Waals surface area contributed by atoms with Gasteiger partial charge in [0.15, 0.2) is 11.4 Å². The van der Waals surface area contributed by atoms with E-state index in [0.29, 0.717) is 11.4 Å². The van der Waals surface area contributed by atoms with Crippen molar-refractivity contribution >= 4 is 22.1 Å². The summed E-state index contributed by atoms with van der Waals surface area (Å²) in [6.07, 6.45) is 1.62. The molecule has 5 nitrogen and oxygen atoms in total. The van der Waals surface area contributed by atoms with Crippen LogP contribution in [0.3, 0.4) is 0 Å². The molecular formula is C44H28N4O. The number of benzene rings is 6. The lowest BCUT2D eigenvalue weighted by Crippen LogP contribution is -1.96. The van der Waals surface area contributed by atoms with Crippen molar-refractivity contribution in [3.8, 4) is 67.4 Å². The van der Waals surface area contributed by atoms with Crippen molar-refractivity contribution in [2.24, 2.45) is 0 Å². The Bertz CT molecular complexity index is 2540. The standard InChI is InChI=1S/C44H28N4O/c1-4-13-29(14-5-1)34-24-35(26-36(25-34)41-43-42(46-28-45-41)37-21-10-11-22-40(37)49-43)32-19-12-20-33(23-32)44-47-38(30-15-6-2-7-16-30)27-39(48-44)31-17-8-3-9-18-31/h1-28H. The molecule has 0 amide bonds. The van der Waals surface area contributed by atoms with Crippen molar-refractivity contribution in [2.45, 2.75) is 0 Å². The van der Waals surface area contributed by atoms with E-state index in [2.05, 4.69) is 102 Å². The third-order valence-corrected chi connectivity index (χ3v) is 8.79. The predicted octanol–water partition coefficient (Wildman–Crippen LogP) is 11.2. The first kappa shape index (κ1) is 28.5. The second-order valence-electron chi connectivity index (χ2n) is 11.9. The maximum absolute atomic E-state index is 6.36. The molecule has 0 atom stereocenters. The molecule has 0 bridgehead atoms. The lowest BCUT2D eigenvalue weighted by atomic mass is 9.94. The first-order valence-corrected chi connectivity index (χ1v) is 16.2. The molecule has 3 heterocycles. The molecule has 0 N–H and O–H groups in total. The number of nitrogens with zero attached hydrogens (tertiary/aromatic N) is 4. The lowest BCUT2D eigenvalue weighted by molar-refractivity contribution is 0.667. The molecule has 0 aliphatic carbocycles. The van der Waals surface area contributed by atoms with Gasteiger partial charge in [-0.2, -0.15) is 0 Å². The van der Waals surface area contributed by atoms with Crippen LogP contribution >= 0.6 is 0 Å². The maximum Gasteiger partial charge on any atom is 0.180 e. The van der Waals surface area contributed by atoms with E-state index in [1.165, 1.54) is 0 Å². The Morgan fingerprint density at radius 3 is 1.61 bits per heavy atom. The molecule has 0 saturated heterocycles. The summed E-state index contributed by atoms with van der Waals surface area (Å²) in [6, 6.07) is 56.0. The SMILES string of the molecule is c1ccc(-c2cc(-c3cccc(-c4nc(-c5ccccc5)cc(-c5ccccc5)n4)c3)cc(-c3ncnc4c3oc3ccccc34)c2)cc1. The highest BCUT2D eigenvalue weighted by molar-refractivity contribution is 6.06. The summed E-state index contributed by atoms with van der Waals surface area (Å²) in [4.78, 5) is 19.5. The zero-order valence-corrected chi connectivity index (χ0v) is 26.4. The van der Waals surface area contributed by atoms with Crippen molar-refractivity contribution in [1.29, 1.82) is 0 Å². The Kier molecular flexibility index (Phi) is 7.06. The zero-order chi connectivity index (χ0) is 32.6. The molecule has 9 rings (SSSR count). The Hall–Kier alpha value is -6.72. The van der Waals surface area contributed by atoms with Crippen LogP contribution < -0.4 is 0 Å². The number of rotatable bonds is 6. The van der Waals surface area contributed by atoms with Gasteiger partial charge >= 0.3 is 0 Å². The molecule has 0 aliphatic heterocycles. The molecule has 0 saturated carbocycles. The normalized spacial score (nSPS) is 11.3. The smallest absolute Gasteiger partial charge is 0.180 e. The summed E-state index contributed by atoms with van der Waals surface area (Å²) in [5.41, 5.74) is 13.0. The number of hydrogen-bond donors (Lipinski definition) is 0. The van der Waals surface area contributed by atoms with Gasteiger partial charge in [0.05, 0.1) is 11.4 Å². The molecule has 0 radical (unpaired) electrons. The van der Waals surface area contributed by atoms with E-state index in [0.717, 1.165) is 78.1 Å². The molecule has 0 fully saturated rings. The summed E-state index contributed by atoms with van der Waals surface area (Å²) in [6.45, 7) is 0. The van der Waals surface area contributed by atoms with Crippen LogP contribution in [0.1, 0.15) is 0 Å². The average Bonchev–Trinajstić information content (AvgIpc) is 3.58. The summed E-state index contributed by atoms with van der Waals surface area (Å²) in [7, 11) is 0. The van der Waals surface area contributed by atoms with Crippen molar-refractivity contribution in [3.05, 3.63) is 170 Å². The van der Waals surface area contributed by atoms with Crippen LogP contribution in [0.25, 0.3) is 89.5 Å². The number of hydrogen-bond acceptors (Lipinski definition) is 5. The zero-order valence-electron chi connectivity index (χ0n) is 26.4. The van der Waals surface area contributed by atoms with Crippen LogP contribution in [0.15, 0.2) is 175 Å².